The summed E-state index contributed by atoms with van der Waals surface area (Å²) in [6.45, 7) is 0.665. The van der Waals surface area contributed by atoms with Crippen molar-refractivity contribution in [2.24, 2.45) is 0 Å². The minimum absolute atomic E-state index is 0.0610. The lowest BCUT2D eigenvalue weighted by Crippen LogP contribution is -2.49. The molecule has 0 radical (unpaired) electrons. The van der Waals surface area contributed by atoms with Gasteiger partial charge in [-0.2, -0.15) is 8.78 Å². The van der Waals surface area contributed by atoms with E-state index < -0.39 is 23.1 Å². The second-order valence-corrected chi connectivity index (χ2v) is 4.42. The van der Waals surface area contributed by atoms with Gasteiger partial charge in [0.1, 0.15) is 0 Å². The molecular weight excluding hydrogens is 277 g/mol. The Morgan fingerprint density at radius 2 is 1.88 bits per heavy atom. The van der Waals surface area contributed by atoms with Crippen LogP contribution >= 0.6 is 23.2 Å². The molecule has 0 aromatic heterocycles. The van der Waals surface area contributed by atoms with Crippen molar-refractivity contribution in [3.8, 4) is 0 Å². The van der Waals surface area contributed by atoms with Crippen molar-refractivity contribution in [1.82, 2.24) is 0 Å². The molecule has 0 fully saturated rings. The third kappa shape index (κ3) is 2.36. The van der Waals surface area contributed by atoms with E-state index >= 15 is 0 Å². The van der Waals surface area contributed by atoms with E-state index in [0.717, 1.165) is 6.07 Å². The van der Waals surface area contributed by atoms with Crippen molar-refractivity contribution >= 4 is 29.2 Å². The summed E-state index contributed by atoms with van der Waals surface area (Å²) in [5, 5.41) is 18.0. The van der Waals surface area contributed by atoms with Crippen LogP contribution in [-0.4, -0.2) is 22.1 Å². The van der Waals surface area contributed by atoms with Crippen molar-refractivity contribution in [2.75, 3.05) is 0 Å². The van der Waals surface area contributed by atoms with Crippen LogP contribution in [0.5, 0.6) is 0 Å². The lowest BCUT2D eigenvalue weighted by atomic mass is 9.89. The maximum Gasteiger partial charge on any atom is 0.378 e. The van der Waals surface area contributed by atoms with Gasteiger partial charge in [-0.15, -0.1) is 0 Å². The molecule has 1 aromatic rings. The molecule has 0 amide bonds. The molecule has 17 heavy (non-hydrogen) atoms. The molecular formula is C10H8Cl2F2O3. The van der Waals surface area contributed by atoms with E-state index in [2.05, 4.69) is 0 Å². The molecule has 1 rings (SSSR count). The third-order valence-electron chi connectivity index (χ3n) is 2.33. The number of halogens is 4. The molecule has 0 saturated heterocycles. The van der Waals surface area contributed by atoms with E-state index in [-0.39, 0.29) is 10.0 Å². The minimum Gasteiger partial charge on any atom is -0.477 e. The van der Waals surface area contributed by atoms with Gasteiger partial charge in [0.05, 0.1) is 0 Å². The molecule has 1 aromatic carbocycles. The van der Waals surface area contributed by atoms with E-state index in [1.54, 1.807) is 0 Å². The van der Waals surface area contributed by atoms with E-state index in [9.17, 15) is 18.7 Å². The summed E-state index contributed by atoms with van der Waals surface area (Å²) in [6.07, 6.45) is 0. The maximum atomic E-state index is 13.4. The van der Waals surface area contributed by atoms with Gasteiger partial charge >= 0.3 is 11.9 Å². The van der Waals surface area contributed by atoms with Crippen LogP contribution in [0.4, 0.5) is 8.78 Å². The highest BCUT2D eigenvalue weighted by molar-refractivity contribution is 6.33. The number of carboxylic acids is 1. The topological polar surface area (TPSA) is 57.5 Å². The number of rotatable bonds is 3. The molecule has 1 atom stereocenters. The standard InChI is InChI=1S/C10H8Cl2F2O3/c1-9(17,10(13,14)8(15)16)6-4-5(11)2-3-7(6)12/h2-4,17H,1H3,(H,15,16). The highest BCUT2D eigenvalue weighted by atomic mass is 35.5. The van der Waals surface area contributed by atoms with Crippen molar-refractivity contribution < 1.29 is 23.8 Å². The fourth-order valence-electron chi connectivity index (χ4n) is 1.25. The van der Waals surface area contributed by atoms with Gasteiger partial charge < -0.3 is 10.2 Å². The fraction of sp³-hybridized carbons (Fsp3) is 0.300. The van der Waals surface area contributed by atoms with Crippen molar-refractivity contribution in [2.45, 2.75) is 18.4 Å². The Bertz CT molecular complexity index is 461. The summed E-state index contributed by atoms with van der Waals surface area (Å²) < 4.78 is 26.7. The quantitative estimate of drug-likeness (QED) is 0.897. The molecule has 0 aliphatic rings. The Morgan fingerprint density at radius 3 is 2.35 bits per heavy atom. The van der Waals surface area contributed by atoms with Crippen LogP contribution in [0.2, 0.25) is 10.0 Å². The summed E-state index contributed by atoms with van der Waals surface area (Å²) >= 11 is 11.2. The second-order valence-electron chi connectivity index (χ2n) is 3.58. The first-order valence-electron chi connectivity index (χ1n) is 4.40. The average Bonchev–Trinajstić information content (AvgIpc) is 2.21. The zero-order valence-corrected chi connectivity index (χ0v) is 10.1. The summed E-state index contributed by atoms with van der Waals surface area (Å²) in [6, 6.07) is 3.54. The number of alkyl halides is 2. The van der Waals surface area contributed by atoms with Crippen LogP contribution in [0.3, 0.4) is 0 Å². The van der Waals surface area contributed by atoms with Crippen LogP contribution < -0.4 is 0 Å². The van der Waals surface area contributed by atoms with Gasteiger partial charge in [0.2, 0.25) is 0 Å². The van der Waals surface area contributed by atoms with Crippen LogP contribution in [0.15, 0.2) is 18.2 Å². The first kappa shape index (κ1) is 14.2. The Hall–Kier alpha value is -0.910. The number of aliphatic carboxylic acids is 1. The van der Waals surface area contributed by atoms with Gasteiger partial charge in [-0.05, 0) is 25.1 Å². The molecule has 3 nitrogen and oxygen atoms in total. The Balaban J connectivity index is 3.40. The van der Waals surface area contributed by atoms with Crippen molar-refractivity contribution in [1.29, 1.82) is 0 Å². The number of carbonyl (C=O) groups is 1. The van der Waals surface area contributed by atoms with E-state index in [1.165, 1.54) is 12.1 Å². The number of benzene rings is 1. The molecule has 0 aliphatic carbocycles. The van der Waals surface area contributed by atoms with Crippen molar-refractivity contribution in [3.05, 3.63) is 33.8 Å². The molecule has 0 bridgehead atoms. The Kier molecular flexibility index (Phi) is 3.66. The van der Waals surface area contributed by atoms with Crippen LogP contribution in [-0.2, 0) is 10.4 Å². The zero-order valence-electron chi connectivity index (χ0n) is 8.55. The predicted molar refractivity (Wildman–Crippen MR) is 58.6 cm³/mol. The highest BCUT2D eigenvalue weighted by Crippen LogP contribution is 2.41. The van der Waals surface area contributed by atoms with Gasteiger partial charge in [-0.3, -0.25) is 0 Å². The normalized spacial score (nSPS) is 15.4. The molecule has 0 aliphatic heterocycles. The Morgan fingerprint density at radius 1 is 1.35 bits per heavy atom. The molecule has 1 unspecified atom stereocenters. The molecule has 94 valence electrons. The third-order valence-corrected chi connectivity index (χ3v) is 2.90. The molecule has 2 N–H and O–H groups in total. The number of aliphatic hydroxyl groups is 1. The fourth-order valence-corrected chi connectivity index (χ4v) is 1.72. The number of carboxylic acid groups (broad SMARTS) is 1. The first-order valence-corrected chi connectivity index (χ1v) is 5.15. The van der Waals surface area contributed by atoms with Gasteiger partial charge in [0, 0.05) is 15.6 Å². The maximum absolute atomic E-state index is 13.4. The van der Waals surface area contributed by atoms with E-state index in [0.29, 0.717) is 6.92 Å². The lowest BCUT2D eigenvalue weighted by molar-refractivity contribution is -0.207. The largest absolute Gasteiger partial charge is 0.477 e. The number of hydrogen-bond donors (Lipinski definition) is 2. The molecule has 7 heteroatoms. The summed E-state index contributed by atoms with van der Waals surface area (Å²) in [5.41, 5.74) is -3.40. The smallest absolute Gasteiger partial charge is 0.378 e. The molecule has 0 heterocycles. The highest BCUT2D eigenvalue weighted by Gasteiger charge is 2.57. The van der Waals surface area contributed by atoms with E-state index in [1.807, 2.05) is 0 Å². The Labute approximate surface area is 106 Å². The number of hydrogen-bond acceptors (Lipinski definition) is 2. The van der Waals surface area contributed by atoms with Crippen LogP contribution in [0, 0.1) is 0 Å². The second kappa shape index (κ2) is 4.40. The lowest BCUT2D eigenvalue weighted by Gasteiger charge is -2.30. The van der Waals surface area contributed by atoms with Gasteiger partial charge in [-0.1, -0.05) is 23.2 Å². The monoisotopic (exact) mass is 284 g/mol. The molecule has 0 saturated carbocycles. The predicted octanol–water partition coefficient (Wildman–Crippen LogP) is 2.92. The SMILES string of the molecule is CC(O)(c1cc(Cl)ccc1Cl)C(F)(F)C(=O)O. The van der Waals surface area contributed by atoms with Gasteiger partial charge in [0.15, 0.2) is 5.60 Å². The zero-order chi connectivity index (χ0) is 13.4. The van der Waals surface area contributed by atoms with Crippen LogP contribution in [0.25, 0.3) is 0 Å². The van der Waals surface area contributed by atoms with E-state index in [4.69, 9.17) is 28.3 Å². The average molecular weight is 285 g/mol. The first-order chi connectivity index (χ1) is 7.60. The van der Waals surface area contributed by atoms with Gasteiger partial charge in [0.25, 0.3) is 0 Å². The summed E-state index contributed by atoms with van der Waals surface area (Å²) in [7, 11) is 0. The van der Waals surface area contributed by atoms with Crippen molar-refractivity contribution in [3.63, 3.8) is 0 Å². The molecule has 0 spiro atoms. The van der Waals surface area contributed by atoms with Gasteiger partial charge in [-0.25, -0.2) is 4.79 Å². The summed E-state index contributed by atoms with van der Waals surface area (Å²) in [5.74, 6) is -6.83. The minimum atomic E-state index is -4.39. The van der Waals surface area contributed by atoms with Crippen LogP contribution in [0.1, 0.15) is 12.5 Å². The summed E-state index contributed by atoms with van der Waals surface area (Å²) in [4.78, 5) is 10.5.